The fraction of sp³-hybridized carbons (Fsp3) is 0.164. The lowest BCUT2D eigenvalue weighted by Gasteiger charge is -2.33. The molecule has 1 spiro atoms. The van der Waals surface area contributed by atoms with Crippen LogP contribution in [-0.4, -0.2) is 0 Å². The minimum atomic E-state index is -0.418. The normalized spacial score (nSPS) is 14.2. The van der Waals surface area contributed by atoms with Gasteiger partial charge in [0.1, 0.15) is 11.5 Å². The molecule has 1 nitrogen and oxygen atoms in total. The molecule has 0 amide bonds. The lowest BCUT2D eigenvalue weighted by Crippen LogP contribution is -2.27. The standard InChI is InChI=1S/C55H44O/c1-53(2,3)36-23-26-41-42-27-24-37(54(4,5)6)32-49(42)55(48(41)31-36)46-16-9-7-12-39(46)40-25-22-35(30-47(40)55)33-18-20-34(21-19-33)38-28-29-51-52-44(38)14-11-15-45(52)43-13-8-10-17-50(43)56-51/h7-32H,1-6H3. The largest absolute Gasteiger partial charge is 0.456 e. The summed E-state index contributed by atoms with van der Waals surface area (Å²) in [6.07, 6.45) is 0. The molecule has 0 aromatic heterocycles. The SMILES string of the molecule is CC(C)(C)c1ccc2c(c1)C1(c3ccccc3-c3ccc(-c4ccc(-c5ccc6c7c(cccc57)-c5ccccc5O6)cc4)cc31)c1cc(C(C)(C)C)ccc1-2. The highest BCUT2D eigenvalue weighted by Crippen LogP contribution is 2.64. The van der Waals surface area contributed by atoms with Crippen LogP contribution in [0, 0.1) is 0 Å². The molecule has 270 valence electrons. The van der Waals surface area contributed by atoms with E-state index in [1.54, 1.807) is 0 Å². The van der Waals surface area contributed by atoms with Crippen LogP contribution < -0.4 is 4.74 Å². The summed E-state index contributed by atoms with van der Waals surface area (Å²) in [5, 5.41) is 2.39. The molecule has 0 N–H and O–H groups in total. The fourth-order valence-corrected chi connectivity index (χ4v) is 9.97. The Morgan fingerprint density at radius 1 is 0.357 bits per heavy atom. The average Bonchev–Trinajstić information content (AvgIpc) is 3.67. The zero-order valence-corrected chi connectivity index (χ0v) is 32.9. The molecule has 0 unspecified atom stereocenters. The van der Waals surface area contributed by atoms with Crippen LogP contribution in [0.15, 0.2) is 158 Å². The maximum atomic E-state index is 6.41. The third-order valence-electron chi connectivity index (χ3n) is 12.8. The summed E-state index contributed by atoms with van der Waals surface area (Å²) in [6.45, 7) is 14.0. The van der Waals surface area contributed by atoms with E-state index in [2.05, 4.69) is 193 Å². The van der Waals surface area contributed by atoms with Gasteiger partial charge in [-0.1, -0.05) is 181 Å². The van der Waals surface area contributed by atoms with Crippen molar-refractivity contribution in [1.82, 2.24) is 0 Å². The quantitative estimate of drug-likeness (QED) is 0.173. The Balaban J connectivity index is 1.09. The number of ether oxygens (including phenoxy) is 1. The molecular weight excluding hydrogens is 677 g/mol. The van der Waals surface area contributed by atoms with Crippen LogP contribution in [0.5, 0.6) is 11.5 Å². The first kappa shape index (κ1) is 33.2. The average molecular weight is 721 g/mol. The monoisotopic (exact) mass is 720 g/mol. The van der Waals surface area contributed by atoms with Crippen molar-refractivity contribution in [3.8, 4) is 67.1 Å². The molecule has 11 rings (SSSR count). The van der Waals surface area contributed by atoms with Gasteiger partial charge in [-0.2, -0.15) is 0 Å². The highest BCUT2D eigenvalue weighted by molar-refractivity contribution is 6.10. The van der Waals surface area contributed by atoms with Crippen LogP contribution in [0.4, 0.5) is 0 Å². The van der Waals surface area contributed by atoms with E-state index >= 15 is 0 Å². The van der Waals surface area contributed by atoms with Gasteiger partial charge in [-0.3, -0.25) is 0 Å². The smallest absolute Gasteiger partial charge is 0.135 e. The Bertz CT molecular complexity index is 2880. The van der Waals surface area contributed by atoms with Crippen molar-refractivity contribution in [3.63, 3.8) is 0 Å². The summed E-state index contributed by atoms with van der Waals surface area (Å²) >= 11 is 0. The molecule has 0 fully saturated rings. The molecule has 0 saturated carbocycles. The van der Waals surface area contributed by atoms with Gasteiger partial charge in [0.15, 0.2) is 0 Å². The van der Waals surface area contributed by atoms with Gasteiger partial charge in [0.25, 0.3) is 0 Å². The number of hydrogen-bond donors (Lipinski definition) is 0. The summed E-state index contributed by atoms with van der Waals surface area (Å²) < 4.78 is 6.41. The Labute approximate surface area is 330 Å². The summed E-state index contributed by atoms with van der Waals surface area (Å²) in [5.74, 6) is 1.83. The van der Waals surface area contributed by atoms with Gasteiger partial charge in [-0.05, 0) is 118 Å². The molecule has 0 radical (unpaired) electrons. The van der Waals surface area contributed by atoms with E-state index in [0.29, 0.717) is 0 Å². The van der Waals surface area contributed by atoms with Crippen LogP contribution in [0.2, 0.25) is 0 Å². The second kappa shape index (κ2) is 11.4. The van der Waals surface area contributed by atoms with E-state index in [1.807, 2.05) is 6.07 Å². The molecule has 0 bridgehead atoms. The molecular formula is C55H44O. The third-order valence-corrected chi connectivity index (χ3v) is 12.8. The van der Waals surface area contributed by atoms with E-state index in [1.165, 1.54) is 94.2 Å². The van der Waals surface area contributed by atoms with Crippen LogP contribution in [0.25, 0.3) is 66.4 Å². The first-order valence-corrected chi connectivity index (χ1v) is 20.0. The maximum absolute atomic E-state index is 6.41. The van der Waals surface area contributed by atoms with Crippen molar-refractivity contribution in [3.05, 3.63) is 191 Å². The van der Waals surface area contributed by atoms with Crippen molar-refractivity contribution in [2.75, 3.05) is 0 Å². The van der Waals surface area contributed by atoms with Crippen LogP contribution in [0.3, 0.4) is 0 Å². The summed E-state index contributed by atoms with van der Waals surface area (Å²) in [7, 11) is 0. The van der Waals surface area contributed by atoms with E-state index in [0.717, 1.165) is 17.1 Å². The van der Waals surface area contributed by atoms with E-state index in [-0.39, 0.29) is 10.8 Å². The van der Waals surface area contributed by atoms with Crippen molar-refractivity contribution in [2.45, 2.75) is 57.8 Å². The van der Waals surface area contributed by atoms with Crippen LogP contribution in [0.1, 0.15) is 74.9 Å². The molecule has 0 atom stereocenters. The molecule has 2 aliphatic carbocycles. The number of hydrogen-bond acceptors (Lipinski definition) is 1. The number of para-hydroxylation sites is 1. The summed E-state index contributed by atoms with van der Waals surface area (Å²) in [5.41, 5.74) is 20.5. The Morgan fingerprint density at radius 2 is 0.875 bits per heavy atom. The second-order valence-electron chi connectivity index (χ2n) is 18.1. The lowest BCUT2D eigenvalue weighted by molar-refractivity contribution is 0.487. The van der Waals surface area contributed by atoms with Gasteiger partial charge in [-0.15, -0.1) is 0 Å². The predicted molar refractivity (Wildman–Crippen MR) is 234 cm³/mol. The molecule has 8 aromatic carbocycles. The number of rotatable bonds is 2. The van der Waals surface area contributed by atoms with E-state index in [4.69, 9.17) is 4.74 Å². The lowest BCUT2D eigenvalue weighted by atomic mass is 9.68. The third kappa shape index (κ3) is 4.55. The Kier molecular flexibility index (Phi) is 6.77. The van der Waals surface area contributed by atoms with Gasteiger partial charge in [0.2, 0.25) is 0 Å². The first-order chi connectivity index (χ1) is 27.0. The second-order valence-corrected chi connectivity index (χ2v) is 18.1. The minimum absolute atomic E-state index is 0.0216. The Hall–Kier alpha value is -6.18. The first-order valence-electron chi connectivity index (χ1n) is 20.0. The number of benzene rings is 8. The fourth-order valence-electron chi connectivity index (χ4n) is 9.97. The van der Waals surface area contributed by atoms with Gasteiger partial charge in [-0.25, -0.2) is 0 Å². The molecule has 56 heavy (non-hydrogen) atoms. The van der Waals surface area contributed by atoms with Crippen molar-refractivity contribution in [1.29, 1.82) is 0 Å². The summed E-state index contributed by atoms with van der Waals surface area (Å²) in [4.78, 5) is 0. The number of fused-ring (bicyclic) bond motifs is 12. The van der Waals surface area contributed by atoms with Gasteiger partial charge >= 0.3 is 0 Å². The van der Waals surface area contributed by atoms with Crippen LogP contribution >= 0.6 is 0 Å². The van der Waals surface area contributed by atoms with E-state index < -0.39 is 5.41 Å². The molecule has 3 aliphatic rings. The molecule has 0 saturated heterocycles. The zero-order chi connectivity index (χ0) is 38.1. The molecule has 1 heterocycles. The molecule has 1 aliphatic heterocycles. The van der Waals surface area contributed by atoms with Crippen molar-refractivity contribution < 1.29 is 4.74 Å². The highest BCUT2D eigenvalue weighted by atomic mass is 16.5. The van der Waals surface area contributed by atoms with Crippen molar-refractivity contribution >= 4 is 10.8 Å². The molecule has 8 aromatic rings. The topological polar surface area (TPSA) is 9.23 Å². The van der Waals surface area contributed by atoms with Gasteiger partial charge in [0.05, 0.1) is 5.41 Å². The predicted octanol–water partition coefficient (Wildman–Crippen LogP) is 14.9. The van der Waals surface area contributed by atoms with Crippen LogP contribution in [-0.2, 0) is 16.2 Å². The highest BCUT2D eigenvalue weighted by Gasteiger charge is 2.52. The Morgan fingerprint density at radius 3 is 1.55 bits per heavy atom. The summed E-state index contributed by atoms with van der Waals surface area (Å²) in [6, 6.07) is 59.5. The maximum Gasteiger partial charge on any atom is 0.135 e. The van der Waals surface area contributed by atoms with Gasteiger partial charge in [0, 0.05) is 10.9 Å². The minimum Gasteiger partial charge on any atom is -0.456 e. The van der Waals surface area contributed by atoms with Gasteiger partial charge < -0.3 is 4.74 Å². The molecule has 1 heteroatoms. The zero-order valence-electron chi connectivity index (χ0n) is 32.9. The van der Waals surface area contributed by atoms with Crippen molar-refractivity contribution in [2.24, 2.45) is 0 Å². The van der Waals surface area contributed by atoms with E-state index in [9.17, 15) is 0 Å².